The van der Waals surface area contributed by atoms with Gasteiger partial charge in [0.25, 0.3) is 0 Å². The van der Waals surface area contributed by atoms with E-state index in [4.69, 9.17) is 9.72 Å². The van der Waals surface area contributed by atoms with Gasteiger partial charge in [-0.2, -0.15) is 5.10 Å². The molecule has 188 valence electrons. The third-order valence-electron chi connectivity index (χ3n) is 5.84. The zero-order valence-electron chi connectivity index (χ0n) is 21.6. The lowest BCUT2D eigenvalue weighted by atomic mass is 10.00. The standard InChI is InChI=1S/C30H36N4O2/c1-6-10-24(15-17-28(35)21(3)11-9-19-36-18-7-2)29-22(4)14-16-26(33-29)25-20-31-34-30(25)27-13-8-12-23(5)32-27/h6,8,10,12-14,16,20H,3-4,7,9,11,15,17-19H2,1-2,5H3,(H,31,34)/b10-6-,29-24-. The molecule has 0 aliphatic rings. The van der Waals surface area contributed by atoms with Crippen LogP contribution in [0.15, 0.2) is 60.8 Å². The fourth-order valence-corrected chi connectivity index (χ4v) is 3.95. The summed E-state index contributed by atoms with van der Waals surface area (Å²) in [5.41, 5.74) is 5.81. The Hall–Kier alpha value is -3.64. The Bertz CT molecular complexity index is 1340. The molecule has 0 unspecified atom stereocenters. The molecule has 0 bridgehead atoms. The number of carbonyl (C=O) groups excluding carboxylic acids is 1. The molecule has 0 aromatic carbocycles. The SMILES string of the molecule is C=C(CCCOCCC)C(=O)CCC(/C=C\C)=c1\nc(-c2cn[nH]c2-c2cccc(C)n2)ccc1=C. The number of Topliss-reactive ketones (excluding diaryl/α,β-unsaturated/α-hetero) is 1. The largest absolute Gasteiger partial charge is 0.381 e. The van der Waals surface area contributed by atoms with Gasteiger partial charge in [0, 0.05) is 30.9 Å². The average Bonchev–Trinajstić information content (AvgIpc) is 3.36. The predicted octanol–water partition coefficient (Wildman–Crippen LogP) is 5.09. The number of ketones is 1. The summed E-state index contributed by atoms with van der Waals surface area (Å²) in [5.74, 6) is 0.0805. The highest BCUT2D eigenvalue weighted by Crippen LogP contribution is 2.27. The molecule has 0 aliphatic heterocycles. The lowest BCUT2D eigenvalue weighted by Crippen LogP contribution is -2.29. The normalized spacial score (nSPS) is 12.2. The van der Waals surface area contributed by atoms with Gasteiger partial charge in [0.05, 0.1) is 28.6 Å². The van der Waals surface area contributed by atoms with Crippen LogP contribution in [0.5, 0.6) is 0 Å². The number of allylic oxidation sites excluding steroid dienone is 3. The Morgan fingerprint density at radius 1 is 1.08 bits per heavy atom. The first kappa shape index (κ1) is 27.0. The first-order valence-electron chi connectivity index (χ1n) is 12.5. The molecule has 0 atom stereocenters. The summed E-state index contributed by atoms with van der Waals surface area (Å²) in [5, 5.41) is 8.91. The van der Waals surface area contributed by atoms with E-state index in [0.717, 1.165) is 63.9 Å². The quantitative estimate of drug-likeness (QED) is 0.270. The number of rotatable bonds is 13. The smallest absolute Gasteiger partial charge is 0.158 e. The molecule has 3 heterocycles. The van der Waals surface area contributed by atoms with E-state index in [0.29, 0.717) is 31.4 Å². The van der Waals surface area contributed by atoms with Crippen LogP contribution in [0.3, 0.4) is 0 Å². The Morgan fingerprint density at radius 2 is 1.92 bits per heavy atom. The Morgan fingerprint density at radius 3 is 2.67 bits per heavy atom. The predicted molar refractivity (Wildman–Crippen MR) is 147 cm³/mol. The summed E-state index contributed by atoms with van der Waals surface area (Å²) in [6, 6.07) is 9.78. The van der Waals surface area contributed by atoms with Crippen molar-refractivity contribution < 1.29 is 9.53 Å². The number of hydrogen-bond acceptors (Lipinski definition) is 5. The highest BCUT2D eigenvalue weighted by Gasteiger charge is 2.14. The van der Waals surface area contributed by atoms with E-state index >= 15 is 0 Å². The van der Waals surface area contributed by atoms with Gasteiger partial charge < -0.3 is 4.74 Å². The number of aromatic amines is 1. The van der Waals surface area contributed by atoms with Crippen LogP contribution >= 0.6 is 0 Å². The molecule has 6 heteroatoms. The maximum atomic E-state index is 12.7. The van der Waals surface area contributed by atoms with Crippen molar-refractivity contribution in [3.05, 3.63) is 77.1 Å². The van der Waals surface area contributed by atoms with Crippen LogP contribution in [0.4, 0.5) is 0 Å². The molecular formula is C30H36N4O2. The molecule has 1 N–H and O–H groups in total. The molecule has 6 nitrogen and oxygen atoms in total. The van der Waals surface area contributed by atoms with Crippen LogP contribution < -0.4 is 10.6 Å². The van der Waals surface area contributed by atoms with Crippen LogP contribution in [-0.2, 0) is 9.53 Å². The van der Waals surface area contributed by atoms with Crippen molar-refractivity contribution in [1.82, 2.24) is 20.2 Å². The van der Waals surface area contributed by atoms with Gasteiger partial charge >= 0.3 is 0 Å². The first-order valence-corrected chi connectivity index (χ1v) is 12.5. The summed E-state index contributed by atoms with van der Waals surface area (Å²) in [7, 11) is 0. The fraction of sp³-hybridized carbons (Fsp3) is 0.333. The van der Waals surface area contributed by atoms with Crippen molar-refractivity contribution in [2.45, 2.75) is 52.9 Å². The number of carbonyl (C=O) groups is 1. The van der Waals surface area contributed by atoms with Crippen molar-refractivity contribution in [2.24, 2.45) is 0 Å². The second kappa shape index (κ2) is 13.4. The van der Waals surface area contributed by atoms with E-state index in [1.165, 1.54) is 0 Å². The van der Waals surface area contributed by atoms with Crippen LogP contribution in [0.1, 0.15) is 51.6 Å². The minimum absolute atomic E-state index is 0.0805. The molecule has 3 aromatic heterocycles. The van der Waals surface area contributed by atoms with Gasteiger partial charge in [-0.1, -0.05) is 44.4 Å². The average molecular weight is 485 g/mol. The van der Waals surface area contributed by atoms with E-state index in [2.05, 4.69) is 35.3 Å². The number of nitrogens with one attached hydrogen (secondary N) is 1. The van der Waals surface area contributed by atoms with Gasteiger partial charge in [0.15, 0.2) is 5.78 Å². The molecule has 0 aliphatic carbocycles. The van der Waals surface area contributed by atoms with Crippen molar-refractivity contribution >= 4 is 17.9 Å². The Kier molecular flexibility index (Phi) is 10.1. The molecular weight excluding hydrogens is 448 g/mol. The van der Waals surface area contributed by atoms with Crippen molar-refractivity contribution in [3.8, 4) is 22.6 Å². The Labute approximate surface area is 213 Å². The Balaban J connectivity index is 1.84. The summed E-state index contributed by atoms with van der Waals surface area (Å²) in [6.07, 6.45) is 9.15. The maximum Gasteiger partial charge on any atom is 0.158 e. The summed E-state index contributed by atoms with van der Waals surface area (Å²) < 4.78 is 5.51. The van der Waals surface area contributed by atoms with Crippen LogP contribution in [-0.4, -0.2) is 39.2 Å². The van der Waals surface area contributed by atoms with Crippen LogP contribution in [0.25, 0.3) is 34.8 Å². The van der Waals surface area contributed by atoms with E-state index in [-0.39, 0.29) is 5.78 Å². The number of nitrogens with zero attached hydrogens (tertiary/aromatic N) is 3. The number of hydrogen-bond donors (Lipinski definition) is 1. The van der Waals surface area contributed by atoms with Crippen LogP contribution in [0, 0.1) is 6.92 Å². The molecule has 0 radical (unpaired) electrons. The van der Waals surface area contributed by atoms with Gasteiger partial charge in [0.2, 0.25) is 0 Å². The van der Waals surface area contributed by atoms with Gasteiger partial charge in [0.1, 0.15) is 0 Å². The zero-order chi connectivity index (χ0) is 25.9. The molecule has 36 heavy (non-hydrogen) atoms. The first-order chi connectivity index (χ1) is 17.4. The van der Waals surface area contributed by atoms with Crippen LogP contribution in [0.2, 0.25) is 0 Å². The minimum atomic E-state index is 0.0805. The summed E-state index contributed by atoms with van der Waals surface area (Å²) in [6.45, 7) is 15.6. The minimum Gasteiger partial charge on any atom is -0.381 e. The molecule has 0 amide bonds. The topological polar surface area (TPSA) is 80.8 Å². The van der Waals surface area contributed by atoms with Gasteiger partial charge in [-0.3, -0.25) is 14.9 Å². The van der Waals surface area contributed by atoms with Gasteiger partial charge in [-0.15, -0.1) is 0 Å². The number of aromatic nitrogens is 4. The maximum absolute atomic E-state index is 12.7. The second-order valence-electron chi connectivity index (χ2n) is 8.80. The monoisotopic (exact) mass is 484 g/mol. The van der Waals surface area contributed by atoms with E-state index in [1.54, 1.807) is 6.20 Å². The molecule has 3 aromatic rings. The highest BCUT2D eigenvalue weighted by atomic mass is 16.5. The third-order valence-corrected chi connectivity index (χ3v) is 5.84. The molecule has 0 saturated carbocycles. The molecule has 0 fully saturated rings. The number of ether oxygens (including phenoxy) is 1. The molecule has 0 saturated heterocycles. The summed E-state index contributed by atoms with van der Waals surface area (Å²) >= 11 is 0. The van der Waals surface area contributed by atoms with Crippen molar-refractivity contribution in [3.63, 3.8) is 0 Å². The number of pyridine rings is 2. The van der Waals surface area contributed by atoms with Crippen molar-refractivity contribution in [2.75, 3.05) is 13.2 Å². The van der Waals surface area contributed by atoms with Gasteiger partial charge in [-0.05, 0) is 74.1 Å². The van der Waals surface area contributed by atoms with E-state index in [9.17, 15) is 4.79 Å². The van der Waals surface area contributed by atoms with Gasteiger partial charge in [-0.25, -0.2) is 4.98 Å². The molecule has 3 rings (SSSR count). The lowest BCUT2D eigenvalue weighted by molar-refractivity contribution is -0.115. The van der Waals surface area contributed by atoms with Crippen molar-refractivity contribution in [1.29, 1.82) is 0 Å². The second-order valence-corrected chi connectivity index (χ2v) is 8.80. The third kappa shape index (κ3) is 7.18. The van der Waals surface area contributed by atoms with E-state index in [1.807, 2.05) is 56.3 Å². The lowest BCUT2D eigenvalue weighted by Gasteiger charge is -2.08. The summed E-state index contributed by atoms with van der Waals surface area (Å²) in [4.78, 5) is 22.3. The number of aryl methyl sites for hydroxylation is 1. The fourth-order valence-electron chi connectivity index (χ4n) is 3.95. The zero-order valence-corrected chi connectivity index (χ0v) is 21.6. The number of H-pyrrole nitrogens is 1. The van der Waals surface area contributed by atoms with E-state index < -0.39 is 0 Å². The highest BCUT2D eigenvalue weighted by molar-refractivity contribution is 5.95. The molecule has 0 spiro atoms.